The van der Waals surface area contributed by atoms with Crippen LogP contribution in [0.25, 0.3) is 0 Å². The maximum Gasteiger partial charge on any atom is 0.407 e. The molecule has 1 aliphatic carbocycles. The average Bonchev–Trinajstić information content (AvgIpc) is 3.34. The van der Waals surface area contributed by atoms with E-state index in [9.17, 15) is 9.18 Å². The van der Waals surface area contributed by atoms with Gasteiger partial charge < -0.3 is 20.7 Å². The molecule has 0 unspecified atom stereocenters. The number of rotatable bonds is 6. The smallest absolute Gasteiger partial charge is 0.407 e. The number of amides is 1. The molecule has 0 atom stereocenters. The Morgan fingerprint density at radius 2 is 1.85 bits per heavy atom. The van der Waals surface area contributed by atoms with Gasteiger partial charge in [-0.1, -0.05) is 18.2 Å². The van der Waals surface area contributed by atoms with E-state index in [4.69, 9.17) is 4.74 Å². The van der Waals surface area contributed by atoms with Gasteiger partial charge in [0.25, 0.3) is 0 Å². The van der Waals surface area contributed by atoms with Crippen molar-refractivity contribution in [2.75, 3.05) is 26.7 Å². The number of carbonyl (C=O) groups is 1. The molecule has 0 spiro atoms. The molecule has 3 N–H and O–H groups in total. The highest BCUT2D eigenvalue weighted by molar-refractivity contribution is 5.80. The number of hydrogen-bond donors (Lipinski definition) is 3. The molecule has 26 heavy (non-hydrogen) atoms. The number of hydrogen-bond acceptors (Lipinski definition) is 3. The van der Waals surface area contributed by atoms with Crippen molar-refractivity contribution >= 4 is 12.1 Å². The third-order valence-electron chi connectivity index (χ3n) is 4.20. The van der Waals surface area contributed by atoms with Crippen LogP contribution in [-0.4, -0.2) is 44.3 Å². The van der Waals surface area contributed by atoms with Gasteiger partial charge in [0, 0.05) is 32.1 Å². The Balaban J connectivity index is 1.74. The van der Waals surface area contributed by atoms with Crippen molar-refractivity contribution in [1.82, 2.24) is 16.0 Å². The molecule has 0 saturated heterocycles. The number of aliphatic imine (C=N–C) groups is 1. The molecule has 0 radical (unpaired) electrons. The van der Waals surface area contributed by atoms with Gasteiger partial charge in [0.05, 0.1) is 0 Å². The number of benzene rings is 1. The standard InChI is InChI=1S/C19H29FN4O2/c1-18(2,3)26-17(25)23-12-11-22-16(21-4)24-13-19(9-10-19)14-7-5-6-8-15(14)20/h5-8H,9-13H2,1-4H3,(H,23,25)(H2,21,22,24). The molecule has 0 heterocycles. The Morgan fingerprint density at radius 3 is 2.42 bits per heavy atom. The van der Waals surface area contributed by atoms with Crippen molar-refractivity contribution < 1.29 is 13.9 Å². The molecule has 2 rings (SSSR count). The second-order valence-corrected chi connectivity index (χ2v) is 7.54. The highest BCUT2D eigenvalue weighted by Crippen LogP contribution is 2.48. The summed E-state index contributed by atoms with van der Waals surface area (Å²) in [7, 11) is 1.68. The van der Waals surface area contributed by atoms with Gasteiger partial charge in [-0.05, 0) is 45.2 Å². The van der Waals surface area contributed by atoms with Crippen molar-refractivity contribution in [2.45, 2.75) is 44.6 Å². The molecule has 1 saturated carbocycles. The largest absolute Gasteiger partial charge is 0.444 e. The summed E-state index contributed by atoms with van der Waals surface area (Å²) in [4.78, 5) is 15.8. The van der Waals surface area contributed by atoms with Crippen molar-refractivity contribution in [2.24, 2.45) is 4.99 Å². The Kier molecular flexibility index (Phi) is 6.45. The minimum absolute atomic E-state index is 0.155. The van der Waals surface area contributed by atoms with Crippen LogP contribution in [0.1, 0.15) is 39.2 Å². The molecule has 0 bridgehead atoms. The Labute approximate surface area is 154 Å². The monoisotopic (exact) mass is 364 g/mol. The molecule has 1 aromatic rings. The minimum atomic E-state index is -0.513. The van der Waals surface area contributed by atoms with Crippen LogP contribution in [-0.2, 0) is 10.2 Å². The normalized spacial score (nSPS) is 16.0. The van der Waals surface area contributed by atoms with Gasteiger partial charge in [-0.2, -0.15) is 0 Å². The lowest BCUT2D eigenvalue weighted by Gasteiger charge is -2.21. The number of guanidine groups is 1. The lowest BCUT2D eigenvalue weighted by Crippen LogP contribution is -2.44. The Morgan fingerprint density at radius 1 is 1.19 bits per heavy atom. The molecule has 1 aromatic carbocycles. The zero-order valence-corrected chi connectivity index (χ0v) is 16.0. The molecular weight excluding hydrogens is 335 g/mol. The highest BCUT2D eigenvalue weighted by atomic mass is 19.1. The summed E-state index contributed by atoms with van der Waals surface area (Å²) < 4.78 is 19.2. The first-order valence-electron chi connectivity index (χ1n) is 8.92. The van der Waals surface area contributed by atoms with Gasteiger partial charge in [0.2, 0.25) is 0 Å². The van der Waals surface area contributed by atoms with Crippen LogP contribution < -0.4 is 16.0 Å². The second-order valence-electron chi connectivity index (χ2n) is 7.54. The number of halogens is 1. The molecule has 1 aliphatic rings. The highest BCUT2D eigenvalue weighted by Gasteiger charge is 2.45. The molecule has 144 valence electrons. The summed E-state index contributed by atoms with van der Waals surface area (Å²) in [6.07, 6.45) is 1.47. The summed E-state index contributed by atoms with van der Waals surface area (Å²) in [5, 5.41) is 9.06. The van der Waals surface area contributed by atoms with E-state index in [0.29, 0.717) is 25.6 Å². The van der Waals surface area contributed by atoms with E-state index in [1.165, 1.54) is 6.07 Å². The van der Waals surface area contributed by atoms with E-state index in [0.717, 1.165) is 18.4 Å². The summed E-state index contributed by atoms with van der Waals surface area (Å²) in [5.74, 6) is 0.468. The van der Waals surface area contributed by atoms with Crippen molar-refractivity contribution in [1.29, 1.82) is 0 Å². The van der Waals surface area contributed by atoms with E-state index in [1.807, 2.05) is 32.9 Å². The lowest BCUT2D eigenvalue weighted by atomic mass is 9.95. The first-order valence-corrected chi connectivity index (χ1v) is 8.92. The molecule has 1 fully saturated rings. The maximum atomic E-state index is 14.0. The first-order chi connectivity index (χ1) is 12.3. The van der Waals surface area contributed by atoms with Crippen LogP contribution in [0.5, 0.6) is 0 Å². The predicted octanol–water partition coefficient (Wildman–Crippen LogP) is 2.55. The van der Waals surface area contributed by atoms with Crippen LogP contribution in [0, 0.1) is 5.82 Å². The quantitative estimate of drug-likeness (QED) is 0.412. The molecule has 7 heteroatoms. The SMILES string of the molecule is CN=C(NCCNC(=O)OC(C)(C)C)NCC1(c2ccccc2F)CC1. The van der Waals surface area contributed by atoms with E-state index in [2.05, 4.69) is 20.9 Å². The topological polar surface area (TPSA) is 74.8 Å². The average molecular weight is 364 g/mol. The molecule has 6 nitrogen and oxygen atoms in total. The summed E-state index contributed by atoms with van der Waals surface area (Å²) >= 11 is 0. The Bertz CT molecular complexity index is 651. The van der Waals surface area contributed by atoms with Crippen LogP contribution in [0.2, 0.25) is 0 Å². The van der Waals surface area contributed by atoms with Gasteiger partial charge in [-0.25, -0.2) is 9.18 Å². The van der Waals surface area contributed by atoms with E-state index in [1.54, 1.807) is 13.1 Å². The fraction of sp³-hybridized carbons (Fsp3) is 0.579. The number of alkyl carbamates (subject to hydrolysis) is 1. The van der Waals surface area contributed by atoms with E-state index >= 15 is 0 Å². The zero-order chi connectivity index (χ0) is 19.2. The van der Waals surface area contributed by atoms with Gasteiger partial charge >= 0.3 is 6.09 Å². The molecule has 0 aromatic heterocycles. The van der Waals surface area contributed by atoms with Crippen LogP contribution in [0.4, 0.5) is 9.18 Å². The maximum absolute atomic E-state index is 14.0. The van der Waals surface area contributed by atoms with Gasteiger partial charge in [0.15, 0.2) is 5.96 Å². The van der Waals surface area contributed by atoms with Crippen LogP contribution in [0.15, 0.2) is 29.3 Å². The van der Waals surface area contributed by atoms with E-state index < -0.39 is 11.7 Å². The van der Waals surface area contributed by atoms with Crippen LogP contribution >= 0.6 is 0 Å². The third-order valence-corrected chi connectivity index (χ3v) is 4.20. The summed E-state index contributed by atoms with van der Waals surface area (Å²) in [5.41, 5.74) is 0.0903. The van der Waals surface area contributed by atoms with Crippen molar-refractivity contribution in [3.8, 4) is 0 Å². The fourth-order valence-electron chi connectivity index (χ4n) is 2.72. The lowest BCUT2D eigenvalue weighted by molar-refractivity contribution is 0.0529. The summed E-state index contributed by atoms with van der Waals surface area (Å²) in [6.45, 7) is 6.99. The molecule has 1 amide bonds. The van der Waals surface area contributed by atoms with Gasteiger partial charge in [-0.15, -0.1) is 0 Å². The fourth-order valence-corrected chi connectivity index (χ4v) is 2.72. The van der Waals surface area contributed by atoms with Crippen molar-refractivity contribution in [3.05, 3.63) is 35.6 Å². The second kappa shape index (κ2) is 8.38. The van der Waals surface area contributed by atoms with Gasteiger partial charge in [0.1, 0.15) is 11.4 Å². The summed E-state index contributed by atoms with van der Waals surface area (Å²) in [6, 6.07) is 6.93. The third kappa shape index (κ3) is 5.89. The minimum Gasteiger partial charge on any atom is -0.444 e. The molecule has 0 aliphatic heterocycles. The number of carbonyl (C=O) groups excluding carboxylic acids is 1. The molecular formula is C19H29FN4O2. The van der Waals surface area contributed by atoms with Gasteiger partial charge in [-0.3, -0.25) is 4.99 Å². The van der Waals surface area contributed by atoms with E-state index in [-0.39, 0.29) is 11.2 Å². The number of nitrogens with zero attached hydrogens (tertiary/aromatic N) is 1. The Hall–Kier alpha value is -2.31. The zero-order valence-electron chi connectivity index (χ0n) is 16.0. The number of ether oxygens (including phenoxy) is 1. The predicted molar refractivity (Wildman–Crippen MR) is 101 cm³/mol. The number of nitrogens with one attached hydrogen (secondary N) is 3. The van der Waals surface area contributed by atoms with Crippen LogP contribution in [0.3, 0.4) is 0 Å². The first kappa shape index (κ1) is 20.0. The van der Waals surface area contributed by atoms with Crippen molar-refractivity contribution in [3.63, 3.8) is 0 Å².